The van der Waals surface area contributed by atoms with E-state index in [2.05, 4.69) is 24.1 Å². The third kappa shape index (κ3) is 4.18. The third-order valence-electron chi connectivity index (χ3n) is 2.84. The molecule has 0 aliphatic carbocycles. The zero-order valence-electron chi connectivity index (χ0n) is 9.70. The summed E-state index contributed by atoms with van der Waals surface area (Å²) in [5.41, 5.74) is 0. The van der Waals surface area contributed by atoms with Crippen molar-refractivity contribution < 1.29 is 9.90 Å². The van der Waals surface area contributed by atoms with E-state index in [1.807, 2.05) is 0 Å². The molecule has 1 saturated heterocycles. The van der Waals surface area contributed by atoms with Gasteiger partial charge < -0.3 is 10.4 Å². The van der Waals surface area contributed by atoms with E-state index in [1.165, 1.54) is 0 Å². The predicted octanol–water partition coefficient (Wildman–Crippen LogP) is 0.923. The first-order chi connectivity index (χ1) is 7.11. The number of rotatable bonds is 6. The molecule has 0 aromatic rings. The van der Waals surface area contributed by atoms with Crippen LogP contribution >= 0.6 is 0 Å². The van der Waals surface area contributed by atoms with Crippen molar-refractivity contribution in [1.82, 2.24) is 10.2 Å². The lowest BCUT2D eigenvalue weighted by atomic mass is 10.2. The minimum absolute atomic E-state index is 0.293. The van der Waals surface area contributed by atoms with Crippen LogP contribution in [0.3, 0.4) is 0 Å². The van der Waals surface area contributed by atoms with Gasteiger partial charge in [-0.25, -0.2) is 0 Å². The van der Waals surface area contributed by atoms with Crippen molar-refractivity contribution in [2.24, 2.45) is 0 Å². The van der Waals surface area contributed by atoms with Gasteiger partial charge in [-0.1, -0.05) is 13.8 Å². The zero-order chi connectivity index (χ0) is 11.3. The maximum atomic E-state index is 11.1. The highest BCUT2D eigenvalue weighted by molar-refractivity contribution is 5.73. The Labute approximate surface area is 91.6 Å². The molecule has 1 aliphatic heterocycles. The van der Waals surface area contributed by atoms with Crippen LogP contribution in [0.25, 0.3) is 0 Å². The highest BCUT2D eigenvalue weighted by Crippen LogP contribution is 2.14. The van der Waals surface area contributed by atoms with E-state index >= 15 is 0 Å². The standard InChI is InChI=1S/C11H22N2O2/c1-9(2)12-6-5-10(11(14)15)13-7-3-4-8-13/h9-10,12H,3-8H2,1-2H3,(H,14,15). The number of nitrogens with zero attached hydrogens (tertiary/aromatic N) is 1. The van der Waals surface area contributed by atoms with E-state index in [1.54, 1.807) is 0 Å². The largest absolute Gasteiger partial charge is 0.480 e. The summed E-state index contributed by atoms with van der Waals surface area (Å²) >= 11 is 0. The average Bonchev–Trinajstić information content (AvgIpc) is 2.63. The molecule has 0 aromatic carbocycles. The van der Waals surface area contributed by atoms with Crippen molar-refractivity contribution in [3.63, 3.8) is 0 Å². The first kappa shape index (κ1) is 12.5. The second-order valence-corrected chi connectivity index (χ2v) is 4.49. The number of aliphatic carboxylic acids is 1. The molecule has 1 fully saturated rings. The molecular formula is C11H22N2O2. The third-order valence-corrected chi connectivity index (χ3v) is 2.84. The Hall–Kier alpha value is -0.610. The van der Waals surface area contributed by atoms with Gasteiger partial charge in [0.2, 0.25) is 0 Å². The Balaban J connectivity index is 2.33. The molecule has 1 unspecified atom stereocenters. The van der Waals surface area contributed by atoms with Crippen LogP contribution in [0.15, 0.2) is 0 Å². The van der Waals surface area contributed by atoms with E-state index < -0.39 is 5.97 Å². The Morgan fingerprint density at radius 2 is 2.00 bits per heavy atom. The van der Waals surface area contributed by atoms with E-state index in [-0.39, 0.29) is 6.04 Å². The summed E-state index contributed by atoms with van der Waals surface area (Å²) in [5, 5.41) is 12.4. The van der Waals surface area contributed by atoms with Crippen molar-refractivity contribution in [2.75, 3.05) is 19.6 Å². The Bertz CT molecular complexity index is 201. The minimum atomic E-state index is -0.678. The normalized spacial score (nSPS) is 19.7. The topological polar surface area (TPSA) is 52.6 Å². The molecule has 4 heteroatoms. The number of carboxylic acids is 1. The van der Waals surface area contributed by atoms with Crippen LogP contribution in [-0.4, -0.2) is 47.7 Å². The predicted molar refractivity (Wildman–Crippen MR) is 60.0 cm³/mol. The van der Waals surface area contributed by atoms with Gasteiger partial charge in [-0.15, -0.1) is 0 Å². The number of hydrogen-bond acceptors (Lipinski definition) is 3. The molecule has 1 heterocycles. The lowest BCUT2D eigenvalue weighted by Gasteiger charge is -2.24. The number of nitrogens with one attached hydrogen (secondary N) is 1. The van der Waals surface area contributed by atoms with Crippen LogP contribution in [0, 0.1) is 0 Å². The van der Waals surface area contributed by atoms with Crippen molar-refractivity contribution >= 4 is 5.97 Å². The fraction of sp³-hybridized carbons (Fsp3) is 0.909. The lowest BCUT2D eigenvalue weighted by molar-refractivity contribution is -0.143. The second-order valence-electron chi connectivity index (χ2n) is 4.49. The Morgan fingerprint density at radius 3 is 2.47 bits per heavy atom. The van der Waals surface area contributed by atoms with Crippen LogP contribution in [0.1, 0.15) is 33.1 Å². The lowest BCUT2D eigenvalue weighted by Crippen LogP contribution is -2.41. The van der Waals surface area contributed by atoms with Crippen molar-refractivity contribution in [1.29, 1.82) is 0 Å². The summed E-state index contributed by atoms with van der Waals surface area (Å²) in [7, 11) is 0. The fourth-order valence-electron chi connectivity index (χ4n) is 2.02. The molecule has 15 heavy (non-hydrogen) atoms. The van der Waals surface area contributed by atoms with Crippen molar-refractivity contribution in [3.05, 3.63) is 0 Å². The van der Waals surface area contributed by atoms with Gasteiger partial charge in [0.25, 0.3) is 0 Å². The molecule has 0 saturated carbocycles. The highest BCUT2D eigenvalue weighted by atomic mass is 16.4. The monoisotopic (exact) mass is 214 g/mol. The second kappa shape index (κ2) is 6.08. The SMILES string of the molecule is CC(C)NCCC(C(=O)O)N1CCCC1. The molecule has 0 aromatic heterocycles. The fourth-order valence-corrected chi connectivity index (χ4v) is 2.02. The molecule has 1 rings (SSSR count). The van der Waals surface area contributed by atoms with Crippen LogP contribution in [0.2, 0.25) is 0 Å². The number of carboxylic acid groups (broad SMARTS) is 1. The Morgan fingerprint density at radius 1 is 1.40 bits per heavy atom. The van der Waals surface area contributed by atoms with Gasteiger partial charge in [-0.2, -0.15) is 0 Å². The van der Waals surface area contributed by atoms with Crippen LogP contribution < -0.4 is 5.32 Å². The first-order valence-electron chi connectivity index (χ1n) is 5.81. The smallest absolute Gasteiger partial charge is 0.320 e. The number of likely N-dealkylation sites (tertiary alicyclic amines) is 1. The molecule has 2 N–H and O–H groups in total. The molecule has 4 nitrogen and oxygen atoms in total. The quantitative estimate of drug-likeness (QED) is 0.690. The molecular weight excluding hydrogens is 192 g/mol. The molecule has 1 atom stereocenters. The molecule has 0 bridgehead atoms. The zero-order valence-corrected chi connectivity index (χ0v) is 9.70. The number of hydrogen-bond donors (Lipinski definition) is 2. The highest BCUT2D eigenvalue weighted by Gasteiger charge is 2.27. The minimum Gasteiger partial charge on any atom is -0.480 e. The summed E-state index contributed by atoms with van der Waals surface area (Å²) in [4.78, 5) is 13.2. The van der Waals surface area contributed by atoms with E-state index in [4.69, 9.17) is 5.11 Å². The van der Waals surface area contributed by atoms with Crippen molar-refractivity contribution in [3.8, 4) is 0 Å². The van der Waals surface area contributed by atoms with Gasteiger partial charge >= 0.3 is 5.97 Å². The van der Waals surface area contributed by atoms with E-state index in [9.17, 15) is 4.79 Å². The molecule has 0 spiro atoms. The Kier molecular flexibility index (Phi) is 5.05. The summed E-state index contributed by atoms with van der Waals surface area (Å²) in [6.07, 6.45) is 2.98. The maximum Gasteiger partial charge on any atom is 0.320 e. The summed E-state index contributed by atoms with van der Waals surface area (Å²) in [5.74, 6) is -0.678. The van der Waals surface area contributed by atoms with E-state index in [0.29, 0.717) is 12.5 Å². The van der Waals surface area contributed by atoms with E-state index in [0.717, 1.165) is 32.5 Å². The van der Waals surface area contributed by atoms with Gasteiger partial charge in [-0.3, -0.25) is 9.69 Å². The van der Waals surface area contributed by atoms with Crippen LogP contribution in [0.4, 0.5) is 0 Å². The maximum absolute atomic E-state index is 11.1. The van der Waals surface area contributed by atoms with Crippen LogP contribution in [0.5, 0.6) is 0 Å². The van der Waals surface area contributed by atoms with Crippen molar-refractivity contribution in [2.45, 2.75) is 45.2 Å². The van der Waals surface area contributed by atoms with Gasteiger partial charge in [0.05, 0.1) is 0 Å². The molecule has 88 valence electrons. The van der Waals surface area contributed by atoms with Gasteiger partial charge in [-0.05, 0) is 38.9 Å². The average molecular weight is 214 g/mol. The van der Waals surface area contributed by atoms with Gasteiger partial charge in [0, 0.05) is 6.04 Å². The number of carbonyl (C=O) groups is 1. The summed E-state index contributed by atoms with van der Waals surface area (Å²) in [6.45, 7) is 6.82. The first-order valence-corrected chi connectivity index (χ1v) is 5.81. The van der Waals surface area contributed by atoms with Crippen LogP contribution in [-0.2, 0) is 4.79 Å². The van der Waals surface area contributed by atoms with Gasteiger partial charge in [0.15, 0.2) is 0 Å². The molecule has 0 amide bonds. The summed E-state index contributed by atoms with van der Waals surface area (Å²) < 4.78 is 0. The molecule has 1 aliphatic rings. The summed E-state index contributed by atoms with van der Waals surface area (Å²) in [6, 6.07) is 0.136. The van der Waals surface area contributed by atoms with Gasteiger partial charge in [0.1, 0.15) is 6.04 Å². The molecule has 0 radical (unpaired) electrons.